The van der Waals surface area contributed by atoms with Crippen LogP contribution in [0.3, 0.4) is 0 Å². The summed E-state index contributed by atoms with van der Waals surface area (Å²) in [5.41, 5.74) is 0.972. The fourth-order valence-corrected chi connectivity index (χ4v) is 3.33. The molecule has 0 radical (unpaired) electrons. The molecule has 0 aliphatic carbocycles. The Labute approximate surface area is 169 Å². The lowest BCUT2D eigenvalue weighted by Gasteiger charge is -2.22. The summed E-state index contributed by atoms with van der Waals surface area (Å²) >= 11 is 0. The van der Waals surface area contributed by atoms with Crippen LogP contribution in [0, 0.1) is 0 Å². The molecule has 6 nitrogen and oxygen atoms in total. The molecule has 1 atom stereocenters. The van der Waals surface area contributed by atoms with Crippen molar-refractivity contribution in [1.82, 2.24) is 4.57 Å². The highest BCUT2D eigenvalue weighted by Gasteiger charge is 2.15. The summed E-state index contributed by atoms with van der Waals surface area (Å²) in [6, 6.07) is 11.8. The van der Waals surface area contributed by atoms with Gasteiger partial charge in [-0.3, -0.25) is 4.79 Å². The number of nitrogens with zero attached hydrogens (tertiary/aromatic N) is 1. The van der Waals surface area contributed by atoms with E-state index in [1.54, 1.807) is 0 Å². The molecule has 3 heterocycles. The molecule has 3 aromatic rings. The summed E-state index contributed by atoms with van der Waals surface area (Å²) in [4.78, 5) is 12.2. The summed E-state index contributed by atoms with van der Waals surface area (Å²) in [5, 5.41) is 1.22. The van der Waals surface area contributed by atoms with Crippen LogP contribution in [0.1, 0.15) is 25.0 Å². The van der Waals surface area contributed by atoms with Crippen LogP contribution < -0.4 is 10.2 Å². The summed E-state index contributed by atoms with van der Waals surface area (Å²) in [6.45, 7) is 1.97. The maximum Gasteiger partial charge on any atom is 0.227 e. The first-order valence-electron chi connectivity index (χ1n) is 9.96. The van der Waals surface area contributed by atoms with Crippen LogP contribution in [0.15, 0.2) is 70.2 Å². The van der Waals surface area contributed by atoms with E-state index in [-0.39, 0.29) is 24.1 Å². The summed E-state index contributed by atoms with van der Waals surface area (Å²) in [6.07, 6.45) is 10.1. The van der Waals surface area contributed by atoms with Gasteiger partial charge in [-0.05, 0) is 42.9 Å². The fourth-order valence-electron chi connectivity index (χ4n) is 3.33. The molecular formula is C23H25NO5. The Morgan fingerprint density at radius 1 is 1.17 bits per heavy atom. The molecular weight excluding hydrogens is 370 g/mol. The second-order valence-corrected chi connectivity index (χ2v) is 6.99. The molecule has 1 fully saturated rings. The Kier molecular flexibility index (Phi) is 6.44. The first kappa shape index (κ1) is 19.5. The van der Waals surface area contributed by atoms with Crippen LogP contribution in [-0.4, -0.2) is 24.1 Å². The van der Waals surface area contributed by atoms with Gasteiger partial charge in [0, 0.05) is 30.9 Å². The SMILES string of the molecule is O=c1cc(COC2CCCCO2)occ1OC/C=C/Cn1ccc2ccccc21. The normalized spacial score (nSPS) is 17.2. The maximum absolute atomic E-state index is 12.2. The molecule has 1 aliphatic heterocycles. The number of rotatable bonds is 8. The second-order valence-electron chi connectivity index (χ2n) is 6.99. The number of hydrogen-bond donors (Lipinski definition) is 0. The van der Waals surface area contributed by atoms with Crippen molar-refractivity contribution in [3.63, 3.8) is 0 Å². The lowest BCUT2D eigenvalue weighted by molar-refractivity contribution is -0.171. The van der Waals surface area contributed by atoms with Crippen LogP contribution in [0.2, 0.25) is 0 Å². The van der Waals surface area contributed by atoms with Crippen LogP contribution in [0.5, 0.6) is 5.75 Å². The van der Waals surface area contributed by atoms with E-state index in [1.165, 1.54) is 23.2 Å². The number of allylic oxidation sites excluding steroid dienone is 1. The van der Waals surface area contributed by atoms with E-state index in [4.69, 9.17) is 18.6 Å². The van der Waals surface area contributed by atoms with Crippen molar-refractivity contribution in [2.45, 2.75) is 38.7 Å². The molecule has 0 amide bonds. The third kappa shape index (κ3) is 5.16. The molecule has 2 aromatic heterocycles. The summed E-state index contributed by atoms with van der Waals surface area (Å²) < 4.78 is 24.3. The zero-order valence-corrected chi connectivity index (χ0v) is 16.3. The average Bonchev–Trinajstić information content (AvgIpc) is 3.17. The highest BCUT2D eigenvalue weighted by atomic mass is 16.7. The Balaban J connectivity index is 1.25. The lowest BCUT2D eigenvalue weighted by atomic mass is 10.2. The molecule has 1 aliphatic rings. The number of fused-ring (bicyclic) bond motifs is 1. The predicted molar refractivity (Wildman–Crippen MR) is 110 cm³/mol. The zero-order valence-electron chi connectivity index (χ0n) is 16.3. The van der Waals surface area contributed by atoms with Crippen molar-refractivity contribution in [3.8, 4) is 5.75 Å². The molecule has 6 heteroatoms. The van der Waals surface area contributed by atoms with E-state index in [1.807, 2.05) is 24.3 Å². The van der Waals surface area contributed by atoms with Crippen molar-refractivity contribution < 1.29 is 18.6 Å². The lowest BCUT2D eigenvalue weighted by Crippen LogP contribution is -2.22. The third-order valence-corrected chi connectivity index (χ3v) is 4.89. The van der Waals surface area contributed by atoms with Gasteiger partial charge >= 0.3 is 0 Å². The Morgan fingerprint density at radius 3 is 2.97 bits per heavy atom. The Hall–Kier alpha value is -2.83. The van der Waals surface area contributed by atoms with Crippen molar-refractivity contribution in [2.24, 2.45) is 0 Å². The molecule has 0 N–H and O–H groups in total. The van der Waals surface area contributed by atoms with Crippen molar-refractivity contribution in [2.75, 3.05) is 13.2 Å². The maximum atomic E-state index is 12.2. The van der Waals surface area contributed by atoms with E-state index in [0.29, 0.717) is 12.4 Å². The van der Waals surface area contributed by atoms with Crippen LogP contribution in [0.25, 0.3) is 10.9 Å². The molecule has 152 valence electrons. The minimum Gasteiger partial charge on any atom is -0.482 e. The highest BCUT2D eigenvalue weighted by molar-refractivity contribution is 5.79. The second kappa shape index (κ2) is 9.58. The predicted octanol–water partition coefficient (Wildman–Crippen LogP) is 4.27. The minimum atomic E-state index is -0.218. The highest BCUT2D eigenvalue weighted by Crippen LogP contribution is 2.16. The van der Waals surface area contributed by atoms with E-state index in [0.717, 1.165) is 32.4 Å². The molecule has 1 aromatic carbocycles. The number of benzene rings is 1. The van der Waals surface area contributed by atoms with Gasteiger partial charge < -0.3 is 23.2 Å². The molecule has 1 saturated heterocycles. The van der Waals surface area contributed by atoms with Crippen LogP contribution in [0.4, 0.5) is 0 Å². The quantitative estimate of drug-likeness (QED) is 0.533. The van der Waals surface area contributed by atoms with Crippen molar-refractivity contribution in [3.05, 3.63) is 77.0 Å². The van der Waals surface area contributed by atoms with Gasteiger partial charge in [-0.25, -0.2) is 0 Å². The van der Waals surface area contributed by atoms with Gasteiger partial charge in [0.15, 0.2) is 6.29 Å². The van der Waals surface area contributed by atoms with Crippen LogP contribution in [-0.2, 0) is 22.6 Å². The topological polar surface area (TPSA) is 62.8 Å². The molecule has 29 heavy (non-hydrogen) atoms. The molecule has 0 saturated carbocycles. The number of hydrogen-bond acceptors (Lipinski definition) is 5. The Morgan fingerprint density at radius 2 is 2.10 bits per heavy atom. The molecule has 1 unspecified atom stereocenters. The first-order chi connectivity index (χ1) is 14.3. The van der Waals surface area contributed by atoms with Gasteiger partial charge in [0.25, 0.3) is 0 Å². The molecule has 0 bridgehead atoms. The summed E-state index contributed by atoms with van der Waals surface area (Å²) in [5.74, 6) is 0.658. The summed E-state index contributed by atoms with van der Waals surface area (Å²) in [7, 11) is 0. The Bertz CT molecular complexity index is 1010. The van der Waals surface area contributed by atoms with Crippen LogP contribution >= 0.6 is 0 Å². The van der Waals surface area contributed by atoms with Gasteiger partial charge in [-0.2, -0.15) is 0 Å². The van der Waals surface area contributed by atoms with Gasteiger partial charge in [0.05, 0.1) is 0 Å². The number of ether oxygens (including phenoxy) is 3. The molecule has 0 spiro atoms. The van der Waals surface area contributed by atoms with Gasteiger partial charge in [0.1, 0.15) is 25.2 Å². The van der Waals surface area contributed by atoms with E-state index in [2.05, 4.69) is 29.0 Å². The van der Waals surface area contributed by atoms with Gasteiger partial charge in [0.2, 0.25) is 11.2 Å². The third-order valence-electron chi connectivity index (χ3n) is 4.89. The zero-order chi connectivity index (χ0) is 19.9. The fraction of sp³-hybridized carbons (Fsp3) is 0.348. The van der Waals surface area contributed by atoms with Crippen molar-refractivity contribution in [1.29, 1.82) is 0 Å². The molecule has 4 rings (SSSR count). The minimum absolute atomic E-state index is 0.193. The van der Waals surface area contributed by atoms with Gasteiger partial charge in [-0.15, -0.1) is 0 Å². The van der Waals surface area contributed by atoms with Gasteiger partial charge in [-0.1, -0.05) is 24.3 Å². The monoisotopic (exact) mass is 395 g/mol. The first-order valence-corrected chi connectivity index (χ1v) is 9.96. The number of para-hydroxylation sites is 1. The number of aromatic nitrogens is 1. The van der Waals surface area contributed by atoms with E-state index < -0.39 is 0 Å². The smallest absolute Gasteiger partial charge is 0.227 e. The van der Waals surface area contributed by atoms with Crippen molar-refractivity contribution >= 4 is 10.9 Å². The van der Waals surface area contributed by atoms with E-state index in [9.17, 15) is 4.79 Å². The standard InChI is InChI=1S/C23H25NO5/c25-21-15-19(16-29-23-9-3-5-14-27-23)28-17-22(21)26-13-6-4-11-24-12-10-18-7-1-2-8-20(18)24/h1-2,4,6-8,10,12,15,17,23H,3,5,9,11,13-14,16H2/b6-4+. The average molecular weight is 395 g/mol. The van der Waals surface area contributed by atoms with E-state index >= 15 is 0 Å². The largest absolute Gasteiger partial charge is 0.482 e.